The second kappa shape index (κ2) is 4.84. The first-order chi connectivity index (χ1) is 8.11. The number of rotatable bonds is 3. The maximum absolute atomic E-state index is 10.8. The van der Waals surface area contributed by atoms with Crippen molar-refractivity contribution in [2.75, 3.05) is 0 Å². The minimum absolute atomic E-state index is 0.220. The number of hydrogen-bond donors (Lipinski definition) is 0. The monoisotopic (exact) mass is 292 g/mol. The van der Waals surface area contributed by atoms with Gasteiger partial charge in [-0.25, -0.2) is 0 Å². The van der Waals surface area contributed by atoms with Crippen molar-refractivity contribution >= 4 is 22.2 Å². The van der Waals surface area contributed by atoms with Crippen LogP contribution in [0.15, 0.2) is 34.8 Å². The molecule has 0 N–H and O–H groups in total. The van der Waals surface area contributed by atoms with Crippen molar-refractivity contribution in [3.63, 3.8) is 0 Å². The lowest BCUT2D eigenvalue weighted by molar-refractivity contribution is 0.111. The van der Waals surface area contributed by atoms with E-state index in [9.17, 15) is 4.79 Å². The van der Waals surface area contributed by atoms with Gasteiger partial charge in [-0.05, 0) is 32.0 Å². The van der Waals surface area contributed by atoms with Crippen LogP contribution in [0.25, 0.3) is 11.3 Å². The zero-order valence-corrected chi connectivity index (χ0v) is 11.3. The Hall–Kier alpha value is -1.42. The van der Waals surface area contributed by atoms with E-state index < -0.39 is 0 Å². The number of halogens is 1. The summed E-state index contributed by atoms with van der Waals surface area (Å²) in [5.41, 5.74) is 2.48. The molecular weight excluding hydrogens is 280 g/mol. The highest BCUT2D eigenvalue weighted by Crippen LogP contribution is 2.25. The van der Waals surface area contributed by atoms with Crippen LogP contribution >= 0.6 is 15.9 Å². The molecule has 4 heteroatoms. The number of carbonyl (C=O) groups is 1. The Morgan fingerprint density at radius 3 is 2.71 bits per heavy atom. The largest absolute Gasteiger partial charge is 0.296 e. The molecule has 2 rings (SSSR count). The van der Waals surface area contributed by atoms with Gasteiger partial charge in [0.1, 0.15) is 5.69 Å². The maximum atomic E-state index is 10.8. The highest BCUT2D eigenvalue weighted by molar-refractivity contribution is 9.10. The zero-order chi connectivity index (χ0) is 12.4. The van der Waals surface area contributed by atoms with Gasteiger partial charge in [0.2, 0.25) is 0 Å². The predicted octanol–water partition coefficient (Wildman–Crippen LogP) is 3.71. The van der Waals surface area contributed by atoms with E-state index in [4.69, 9.17) is 0 Å². The van der Waals surface area contributed by atoms with E-state index >= 15 is 0 Å². The molecule has 0 unspecified atom stereocenters. The average Bonchev–Trinajstić information content (AvgIpc) is 2.73. The first-order valence-corrected chi connectivity index (χ1v) is 6.22. The summed E-state index contributed by atoms with van der Waals surface area (Å²) < 4.78 is 2.88. The van der Waals surface area contributed by atoms with Gasteiger partial charge in [-0.15, -0.1) is 0 Å². The van der Waals surface area contributed by atoms with Gasteiger partial charge < -0.3 is 0 Å². The fourth-order valence-electron chi connectivity index (χ4n) is 1.73. The van der Waals surface area contributed by atoms with Crippen LogP contribution in [0.4, 0.5) is 0 Å². The van der Waals surface area contributed by atoms with Gasteiger partial charge in [-0.1, -0.05) is 28.1 Å². The van der Waals surface area contributed by atoms with Crippen LogP contribution < -0.4 is 0 Å². The van der Waals surface area contributed by atoms with Crippen molar-refractivity contribution in [1.29, 1.82) is 0 Å². The first-order valence-electron chi connectivity index (χ1n) is 5.42. The predicted molar refractivity (Wildman–Crippen MR) is 71.1 cm³/mol. The fourth-order valence-corrected chi connectivity index (χ4v) is 2.13. The molecule has 1 heterocycles. The second-order valence-corrected chi connectivity index (χ2v) is 5.04. The Morgan fingerprint density at radius 1 is 1.35 bits per heavy atom. The van der Waals surface area contributed by atoms with Crippen LogP contribution in [0.5, 0.6) is 0 Å². The number of aromatic nitrogens is 2. The van der Waals surface area contributed by atoms with Crippen molar-refractivity contribution < 1.29 is 4.79 Å². The van der Waals surface area contributed by atoms with Crippen LogP contribution in [0.1, 0.15) is 30.4 Å². The molecule has 0 aliphatic heterocycles. The SMILES string of the molecule is CC(C)n1nc(C=O)cc1-c1cccc(Br)c1. The third-order valence-corrected chi connectivity index (χ3v) is 2.98. The van der Waals surface area contributed by atoms with Gasteiger partial charge in [0.15, 0.2) is 6.29 Å². The quantitative estimate of drug-likeness (QED) is 0.809. The van der Waals surface area contributed by atoms with E-state index in [-0.39, 0.29) is 6.04 Å². The maximum Gasteiger partial charge on any atom is 0.170 e. The van der Waals surface area contributed by atoms with Crippen LogP contribution in [-0.2, 0) is 0 Å². The molecule has 1 aromatic heterocycles. The van der Waals surface area contributed by atoms with Gasteiger partial charge >= 0.3 is 0 Å². The Morgan fingerprint density at radius 2 is 2.12 bits per heavy atom. The summed E-state index contributed by atoms with van der Waals surface area (Å²) in [6.45, 7) is 4.09. The van der Waals surface area contributed by atoms with Crippen molar-refractivity contribution in [2.45, 2.75) is 19.9 Å². The number of aldehydes is 1. The topological polar surface area (TPSA) is 34.9 Å². The molecule has 1 aromatic carbocycles. The molecule has 88 valence electrons. The summed E-state index contributed by atoms with van der Waals surface area (Å²) in [5, 5.41) is 4.27. The second-order valence-electron chi connectivity index (χ2n) is 4.12. The summed E-state index contributed by atoms with van der Waals surface area (Å²) in [6, 6.07) is 10.0. The van der Waals surface area contributed by atoms with E-state index in [2.05, 4.69) is 21.0 Å². The van der Waals surface area contributed by atoms with Crippen molar-refractivity contribution in [3.05, 3.63) is 40.5 Å². The lowest BCUT2D eigenvalue weighted by Crippen LogP contribution is -2.05. The standard InChI is InChI=1S/C13H13BrN2O/c1-9(2)16-13(7-12(8-17)15-16)10-4-3-5-11(14)6-10/h3-9H,1-2H3. The highest BCUT2D eigenvalue weighted by atomic mass is 79.9. The number of hydrogen-bond acceptors (Lipinski definition) is 2. The Balaban J connectivity index is 2.57. The van der Waals surface area contributed by atoms with Gasteiger partial charge in [0, 0.05) is 16.1 Å². The molecule has 0 saturated carbocycles. The lowest BCUT2D eigenvalue weighted by Gasteiger charge is -2.10. The van der Waals surface area contributed by atoms with Gasteiger partial charge in [-0.2, -0.15) is 5.10 Å². The number of nitrogens with zero attached hydrogens (tertiary/aromatic N) is 2. The van der Waals surface area contributed by atoms with Gasteiger partial charge in [0.05, 0.1) is 5.69 Å². The van der Waals surface area contributed by atoms with Crippen LogP contribution in [0.3, 0.4) is 0 Å². The van der Waals surface area contributed by atoms with E-state index in [0.29, 0.717) is 5.69 Å². The molecule has 2 aromatic rings. The molecule has 0 saturated heterocycles. The van der Waals surface area contributed by atoms with Crippen molar-refractivity contribution in [3.8, 4) is 11.3 Å². The average molecular weight is 293 g/mol. The molecule has 0 fully saturated rings. The van der Waals surface area contributed by atoms with E-state index in [1.807, 2.05) is 48.9 Å². The summed E-state index contributed by atoms with van der Waals surface area (Å²) in [7, 11) is 0. The normalized spacial score (nSPS) is 10.8. The summed E-state index contributed by atoms with van der Waals surface area (Å²) >= 11 is 3.45. The molecule has 0 radical (unpaired) electrons. The highest BCUT2D eigenvalue weighted by Gasteiger charge is 2.11. The molecule has 0 atom stereocenters. The van der Waals surface area contributed by atoms with Gasteiger partial charge in [-0.3, -0.25) is 9.48 Å². The molecule has 17 heavy (non-hydrogen) atoms. The molecule has 0 amide bonds. The minimum atomic E-state index is 0.220. The van der Waals surface area contributed by atoms with E-state index in [1.165, 1.54) is 0 Å². The molecule has 0 spiro atoms. The third-order valence-electron chi connectivity index (χ3n) is 2.48. The Bertz CT molecular complexity index is 546. The summed E-state index contributed by atoms with van der Waals surface area (Å²) in [6.07, 6.45) is 0.778. The van der Waals surface area contributed by atoms with Crippen molar-refractivity contribution in [2.24, 2.45) is 0 Å². The summed E-state index contributed by atoms with van der Waals surface area (Å²) in [4.78, 5) is 10.8. The van der Waals surface area contributed by atoms with Crippen LogP contribution in [-0.4, -0.2) is 16.1 Å². The molecule has 0 aliphatic rings. The lowest BCUT2D eigenvalue weighted by atomic mass is 10.1. The van der Waals surface area contributed by atoms with Crippen molar-refractivity contribution in [1.82, 2.24) is 9.78 Å². The van der Waals surface area contributed by atoms with Crippen LogP contribution in [0.2, 0.25) is 0 Å². The Kier molecular flexibility index (Phi) is 3.43. The third kappa shape index (κ3) is 2.47. The summed E-state index contributed by atoms with van der Waals surface area (Å²) in [5.74, 6) is 0. The van der Waals surface area contributed by atoms with E-state index in [1.54, 1.807) is 0 Å². The van der Waals surface area contributed by atoms with Gasteiger partial charge in [0.25, 0.3) is 0 Å². The first kappa shape index (κ1) is 12.0. The fraction of sp³-hybridized carbons (Fsp3) is 0.231. The molecule has 0 aliphatic carbocycles. The number of benzene rings is 1. The molecular formula is C13H13BrN2O. The van der Waals surface area contributed by atoms with E-state index in [0.717, 1.165) is 22.0 Å². The zero-order valence-electron chi connectivity index (χ0n) is 9.72. The minimum Gasteiger partial charge on any atom is -0.296 e. The molecule has 0 bridgehead atoms. The smallest absolute Gasteiger partial charge is 0.170 e. The number of carbonyl (C=O) groups excluding carboxylic acids is 1. The molecule has 3 nitrogen and oxygen atoms in total. The van der Waals surface area contributed by atoms with Crippen LogP contribution in [0, 0.1) is 0 Å². The Labute approximate surface area is 109 Å².